The summed E-state index contributed by atoms with van der Waals surface area (Å²) >= 11 is 0. The van der Waals surface area contributed by atoms with Crippen LogP contribution in [0.25, 0.3) is 5.57 Å². The minimum absolute atomic E-state index is 0.00144. The SMILES string of the molecule is O=COc1ccc(C2=CC(F)=C(F)C(F)C2)c(F)c1. The summed E-state index contributed by atoms with van der Waals surface area (Å²) in [5.74, 6) is -3.68. The second-order valence-electron chi connectivity index (χ2n) is 3.89. The van der Waals surface area contributed by atoms with Gasteiger partial charge in [0, 0.05) is 18.1 Å². The first-order valence-electron chi connectivity index (χ1n) is 5.33. The highest BCUT2D eigenvalue weighted by molar-refractivity contribution is 5.71. The predicted molar refractivity (Wildman–Crippen MR) is 59.8 cm³/mol. The highest BCUT2D eigenvalue weighted by atomic mass is 19.2. The van der Waals surface area contributed by atoms with Gasteiger partial charge in [-0.1, -0.05) is 0 Å². The zero-order valence-electron chi connectivity index (χ0n) is 9.50. The molecule has 0 saturated heterocycles. The van der Waals surface area contributed by atoms with Crippen LogP contribution in [-0.4, -0.2) is 12.6 Å². The first-order chi connectivity index (χ1) is 9.02. The van der Waals surface area contributed by atoms with E-state index in [0.29, 0.717) is 0 Å². The Bertz CT molecular complexity index is 578. The molecule has 0 saturated carbocycles. The zero-order valence-corrected chi connectivity index (χ0v) is 9.50. The second-order valence-corrected chi connectivity index (χ2v) is 3.89. The second kappa shape index (κ2) is 5.26. The van der Waals surface area contributed by atoms with Crippen LogP contribution in [0.2, 0.25) is 0 Å². The lowest BCUT2D eigenvalue weighted by atomic mass is 9.95. The molecule has 1 aliphatic carbocycles. The first-order valence-corrected chi connectivity index (χ1v) is 5.33. The molecule has 1 aliphatic rings. The molecule has 1 unspecified atom stereocenters. The molecule has 6 heteroatoms. The summed E-state index contributed by atoms with van der Waals surface area (Å²) in [6.45, 7) is 0.129. The molecule has 0 N–H and O–H groups in total. The molecule has 0 heterocycles. The summed E-state index contributed by atoms with van der Waals surface area (Å²) < 4.78 is 57.3. The molecule has 0 amide bonds. The van der Waals surface area contributed by atoms with Crippen molar-refractivity contribution in [3.8, 4) is 5.75 Å². The summed E-state index contributed by atoms with van der Waals surface area (Å²) in [7, 11) is 0. The smallest absolute Gasteiger partial charge is 0.298 e. The Balaban J connectivity index is 2.38. The molecular weight excluding hydrogens is 264 g/mol. The van der Waals surface area contributed by atoms with Crippen molar-refractivity contribution in [3.63, 3.8) is 0 Å². The molecule has 100 valence electrons. The van der Waals surface area contributed by atoms with Crippen molar-refractivity contribution < 1.29 is 27.1 Å². The maximum Gasteiger partial charge on any atom is 0.298 e. The zero-order chi connectivity index (χ0) is 14.0. The van der Waals surface area contributed by atoms with E-state index in [1.54, 1.807) is 0 Å². The van der Waals surface area contributed by atoms with E-state index in [0.717, 1.165) is 12.1 Å². The molecule has 0 fully saturated rings. The lowest BCUT2D eigenvalue weighted by Gasteiger charge is -2.16. The molecule has 1 atom stereocenters. The minimum atomic E-state index is -2.12. The lowest BCUT2D eigenvalue weighted by Crippen LogP contribution is -2.09. The van der Waals surface area contributed by atoms with E-state index in [1.165, 1.54) is 12.1 Å². The van der Waals surface area contributed by atoms with Crippen LogP contribution in [0.1, 0.15) is 12.0 Å². The number of carbonyl (C=O) groups excluding carboxylic acids is 1. The van der Waals surface area contributed by atoms with Crippen molar-refractivity contribution >= 4 is 12.0 Å². The van der Waals surface area contributed by atoms with E-state index in [-0.39, 0.29) is 23.4 Å². The number of allylic oxidation sites excluding steroid dienone is 4. The van der Waals surface area contributed by atoms with Gasteiger partial charge in [-0.2, -0.15) is 0 Å². The number of alkyl halides is 1. The van der Waals surface area contributed by atoms with Crippen molar-refractivity contribution in [2.45, 2.75) is 12.6 Å². The average Bonchev–Trinajstić information content (AvgIpc) is 2.36. The van der Waals surface area contributed by atoms with Gasteiger partial charge in [0.05, 0.1) is 0 Å². The van der Waals surface area contributed by atoms with Crippen LogP contribution in [0.4, 0.5) is 17.6 Å². The Labute approximate surface area is 106 Å². The summed E-state index contributed by atoms with van der Waals surface area (Å²) in [6.07, 6.45) is -1.82. The van der Waals surface area contributed by atoms with Gasteiger partial charge in [-0.25, -0.2) is 17.6 Å². The van der Waals surface area contributed by atoms with Gasteiger partial charge in [0.25, 0.3) is 6.47 Å². The van der Waals surface area contributed by atoms with Crippen LogP contribution in [-0.2, 0) is 4.79 Å². The molecule has 0 bridgehead atoms. The van der Waals surface area contributed by atoms with Crippen molar-refractivity contribution in [3.05, 3.63) is 47.3 Å². The van der Waals surface area contributed by atoms with Crippen molar-refractivity contribution in [1.82, 2.24) is 0 Å². The lowest BCUT2D eigenvalue weighted by molar-refractivity contribution is -0.120. The minimum Gasteiger partial charge on any atom is -0.429 e. The molecule has 0 aliphatic heterocycles. The van der Waals surface area contributed by atoms with Crippen LogP contribution in [0.5, 0.6) is 5.75 Å². The molecule has 19 heavy (non-hydrogen) atoms. The quantitative estimate of drug-likeness (QED) is 0.620. The van der Waals surface area contributed by atoms with Crippen LogP contribution in [0, 0.1) is 5.82 Å². The third-order valence-corrected chi connectivity index (χ3v) is 2.67. The number of hydrogen-bond acceptors (Lipinski definition) is 2. The van der Waals surface area contributed by atoms with E-state index in [4.69, 9.17) is 0 Å². The van der Waals surface area contributed by atoms with Gasteiger partial charge in [0.15, 0.2) is 17.8 Å². The van der Waals surface area contributed by atoms with Gasteiger partial charge in [0.2, 0.25) is 0 Å². The van der Waals surface area contributed by atoms with E-state index in [1.807, 2.05) is 0 Å². The van der Waals surface area contributed by atoms with Gasteiger partial charge in [-0.3, -0.25) is 4.79 Å². The summed E-state index contributed by atoms with van der Waals surface area (Å²) in [5, 5.41) is 0. The van der Waals surface area contributed by atoms with E-state index >= 15 is 0 Å². The summed E-state index contributed by atoms with van der Waals surface area (Å²) in [6, 6.07) is 3.39. The fourth-order valence-electron chi connectivity index (χ4n) is 1.79. The Morgan fingerprint density at radius 3 is 2.58 bits per heavy atom. The average molecular weight is 272 g/mol. The molecule has 0 spiro atoms. The highest BCUT2D eigenvalue weighted by Gasteiger charge is 2.26. The highest BCUT2D eigenvalue weighted by Crippen LogP contribution is 2.35. The molecule has 0 radical (unpaired) electrons. The van der Waals surface area contributed by atoms with Gasteiger partial charge in [0.1, 0.15) is 11.6 Å². The van der Waals surface area contributed by atoms with Gasteiger partial charge in [-0.15, -0.1) is 0 Å². The topological polar surface area (TPSA) is 26.3 Å². The van der Waals surface area contributed by atoms with Gasteiger partial charge in [-0.05, 0) is 23.8 Å². The standard InChI is InChI=1S/C13H8F4O2/c14-10-5-8(19-6-18)1-2-9(10)7-3-11(15)13(17)12(16)4-7/h1-3,5-6,12H,4H2. The number of carbonyl (C=O) groups is 1. The number of halogens is 4. The maximum absolute atomic E-state index is 13.7. The first kappa shape index (κ1) is 13.3. The Kier molecular flexibility index (Phi) is 3.69. The van der Waals surface area contributed by atoms with Crippen LogP contribution in [0.15, 0.2) is 35.9 Å². The summed E-state index contributed by atoms with van der Waals surface area (Å²) in [5.41, 5.74) is -0.0647. The van der Waals surface area contributed by atoms with Crippen molar-refractivity contribution in [2.24, 2.45) is 0 Å². The predicted octanol–water partition coefficient (Wildman–Crippen LogP) is 3.64. The number of rotatable bonds is 3. The van der Waals surface area contributed by atoms with Gasteiger partial charge >= 0.3 is 0 Å². The third-order valence-electron chi connectivity index (χ3n) is 2.67. The van der Waals surface area contributed by atoms with Crippen molar-refractivity contribution in [2.75, 3.05) is 0 Å². The number of hydrogen-bond donors (Lipinski definition) is 0. The van der Waals surface area contributed by atoms with E-state index in [2.05, 4.69) is 4.74 Å². The summed E-state index contributed by atoms with van der Waals surface area (Å²) in [4.78, 5) is 10.1. The van der Waals surface area contributed by atoms with Gasteiger partial charge < -0.3 is 4.74 Å². The number of benzene rings is 1. The maximum atomic E-state index is 13.7. The monoisotopic (exact) mass is 272 g/mol. The normalized spacial score (nSPS) is 19.2. The van der Waals surface area contributed by atoms with Crippen LogP contribution in [0.3, 0.4) is 0 Å². The largest absolute Gasteiger partial charge is 0.429 e. The Hall–Kier alpha value is -2.11. The van der Waals surface area contributed by atoms with E-state index < -0.39 is 30.1 Å². The molecule has 1 aromatic rings. The van der Waals surface area contributed by atoms with Crippen molar-refractivity contribution in [1.29, 1.82) is 0 Å². The fourth-order valence-corrected chi connectivity index (χ4v) is 1.79. The Morgan fingerprint density at radius 2 is 2.00 bits per heavy atom. The number of ether oxygens (including phenoxy) is 1. The molecule has 2 nitrogen and oxygen atoms in total. The van der Waals surface area contributed by atoms with Crippen LogP contribution < -0.4 is 4.74 Å². The third kappa shape index (κ3) is 2.67. The fraction of sp³-hybridized carbons (Fsp3) is 0.154. The molecule has 1 aromatic carbocycles. The molecule has 2 rings (SSSR count). The molecular formula is C13H8F4O2. The Morgan fingerprint density at radius 1 is 1.26 bits per heavy atom. The van der Waals surface area contributed by atoms with Crippen LogP contribution >= 0.6 is 0 Å². The van der Waals surface area contributed by atoms with E-state index in [9.17, 15) is 22.4 Å². The molecule has 0 aromatic heterocycles.